The molecule has 1 amide bonds. The number of nitrogens with zero attached hydrogens (tertiary/aromatic N) is 4. The van der Waals surface area contributed by atoms with Crippen molar-refractivity contribution in [1.82, 2.24) is 24.8 Å². The van der Waals surface area contributed by atoms with E-state index in [-0.39, 0.29) is 5.91 Å². The maximum absolute atomic E-state index is 12.1. The van der Waals surface area contributed by atoms with Gasteiger partial charge in [-0.2, -0.15) is 0 Å². The monoisotopic (exact) mass is 299 g/mol. The number of carbonyl (C=O) groups excluding carboxylic acids is 1. The van der Waals surface area contributed by atoms with Gasteiger partial charge in [0.05, 0.1) is 24.6 Å². The van der Waals surface area contributed by atoms with Crippen LogP contribution in [0, 0.1) is 5.92 Å². The molecule has 0 saturated heterocycles. The Balaban J connectivity index is 1.66. The van der Waals surface area contributed by atoms with Gasteiger partial charge in [0.1, 0.15) is 5.76 Å². The van der Waals surface area contributed by atoms with Gasteiger partial charge in [0.2, 0.25) is 0 Å². The molecule has 3 aromatic rings. The Kier molecular flexibility index (Phi) is 3.86. The first-order valence-electron chi connectivity index (χ1n) is 7.13. The summed E-state index contributed by atoms with van der Waals surface area (Å²) >= 11 is 0. The molecular weight excluding hydrogens is 282 g/mol. The molecule has 0 atom stereocenters. The summed E-state index contributed by atoms with van der Waals surface area (Å²) in [5.74, 6) is 0.916. The maximum Gasteiger partial charge on any atom is 0.273 e. The smallest absolute Gasteiger partial charge is 0.273 e. The number of hydrogen-bond acceptors (Lipinski definition) is 5. The fourth-order valence-corrected chi connectivity index (χ4v) is 2.21. The number of amides is 1. The minimum Gasteiger partial charge on any atom is -0.361 e. The Bertz CT molecular complexity index is 790. The van der Waals surface area contributed by atoms with Gasteiger partial charge in [0.15, 0.2) is 11.3 Å². The van der Waals surface area contributed by atoms with Crippen LogP contribution in [0.5, 0.6) is 0 Å². The number of fused-ring (bicyclic) bond motifs is 1. The summed E-state index contributed by atoms with van der Waals surface area (Å²) in [6.07, 6.45) is 7.63. The molecule has 0 aromatic carbocycles. The molecule has 7 heteroatoms. The first-order valence-corrected chi connectivity index (χ1v) is 7.13. The summed E-state index contributed by atoms with van der Waals surface area (Å²) in [7, 11) is 0. The summed E-state index contributed by atoms with van der Waals surface area (Å²) in [6.45, 7) is 4.53. The topological polar surface area (TPSA) is 85.3 Å². The van der Waals surface area contributed by atoms with Gasteiger partial charge in [-0.05, 0) is 5.92 Å². The SMILES string of the molecule is CC(C)Cc1cc(C(=O)NCc2cnc3cnccn23)no1. The first kappa shape index (κ1) is 14.2. The van der Waals surface area contributed by atoms with E-state index >= 15 is 0 Å². The molecule has 7 nitrogen and oxygen atoms in total. The molecule has 0 unspecified atom stereocenters. The summed E-state index contributed by atoms with van der Waals surface area (Å²) in [5, 5.41) is 6.63. The highest BCUT2D eigenvalue weighted by molar-refractivity contribution is 5.92. The van der Waals surface area contributed by atoms with Gasteiger partial charge in [-0.25, -0.2) is 4.98 Å². The molecule has 22 heavy (non-hydrogen) atoms. The predicted octanol–water partition coefficient (Wildman–Crippen LogP) is 1.85. The number of aromatic nitrogens is 4. The molecule has 0 fully saturated rings. The van der Waals surface area contributed by atoms with Crippen LogP contribution in [0.2, 0.25) is 0 Å². The third-order valence-electron chi connectivity index (χ3n) is 3.22. The van der Waals surface area contributed by atoms with Gasteiger partial charge in [0, 0.05) is 24.9 Å². The van der Waals surface area contributed by atoms with E-state index in [1.165, 1.54) is 0 Å². The molecule has 0 saturated carbocycles. The molecule has 114 valence electrons. The zero-order chi connectivity index (χ0) is 15.5. The number of carbonyl (C=O) groups is 1. The lowest BCUT2D eigenvalue weighted by atomic mass is 10.1. The van der Waals surface area contributed by atoms with E-state index in [1.807, 2.05) is 4.40 Å². The highest BCUT2D eigenvalue weighted by Crippen LogP contribution is 2.10. The molecule has 0 aliphatic rings. The second-order valence-corrected chi connectivity index (χ2v) is 5.51. The molecule has 0 spiro atoms. The van der Waals surface area contributed by atoms with Crippen LogP contribution >= 0.6 is 0 Å². The molecule has 3 aromatic heterocycles. The van der Waals surface area contributed by atoms with Gasteiger partial charge in [0.25, 0.3) is 5.91 Å². The van der Waals surface area contributed by atoms with Crippen molar-refractivity contribution in [2.45, 2.75) is 26.8 Å². The normalized spacial score (nSPS) is 11.2. The molecule has 0 aliphatic heterocycles. The fraction of sp³-hybridized carbons (Fsp3) is 0.333. The quantitative estimate of drug-likeness (QED) is 0.777. The standard InChI is InChI=1S/C15H17N5O2/c1-10(2)5-12-6-13(19-22-12)15(21)18-8-11-7-17-14-9-16-3-4-20(11)14/h3-4,6-7,9-10H,5,8H2,1-2H3,(H,18,21). The fourth-order valence-electron chi connectivity index (χ4n) is 2.21. The van der Waals surface area contributed by atoms with E-state index in [0.29, 0.717) is 18.2 Å². The minimum absolute atomic E-state index is 0.261. The van der Waals surface area contributed by atoms with E-state index in [2.05, 4.69) is 34.3 Å². The lowest BCUT2D eigenvalue weighted by Gasteiger charge is -2.02. The Morgan fingerprint density at radius 2 is 2.27 bits per heavy atom. The lowest BCUT2D eigenvalue weighted by Crippen LogP contribution is -2.23. The van der Waals surface area contributed by atoms with Gasteiger partial charge in [-0.15, -0.1) is 0 Å². The van der Waals surface area contributed by atoms with Crippen LogP contribution in [-0.4, -0.2) is 25.4 Å². The summed E-state index contributed by atoms with van der Waals surface area (Å²) in [5.41, 5.74) is 1.91. The Morgan fingerprint density at radius 1 is 1.41 bits per heavy atom. The predicted molar refractivity (Wildman–Crippen MR) is 79.2 cm³/mol. The molecule has 1 N–H and O–H groups in total. The maximum atomic E-state index is 12.1. The van der Waals surface area contributed by atoms with Crippen molar-refractivity contribution in [2.75, 3.05) is 0 Å². The van der Waals surface area contributed by atoms with Crippen LogP contribution < -0.4 is 5.32 Å². The Labute approximate surface area is 127 Å². The number of nitrogens with one attached hydrogen (secondary N) is 1. The molecule has 0 bridgehead atoms. The molecular formula is C15H17N5O2. The minimum atomic E-state index is -0.261. The van der Waals surface area contributed by atoms with Gasteiger partial charge in [-0.3, -0.25) is 14.2 Å². The molecule has 0 aliphatic carbocycles. The summed E-state index contributed by atoms with van der Waals surface area (Å²) in [4.78, 5) is 20.3. The Morgan fingerprint density at radius 3 is 3.09 bits per heavy atom. The average Bonchev–Trinajstić information content (AvgIpc) is 3.11. The van der Waals surface area contributed by atoms with Crippen molar-refractivity contribution in [3.05, 3.63) is 48.0 Å². The van der Waals surface area contributed by atoms with Crippen LogP contribution in [0.25, 0.3) is 5.65 Å². The van der Waals surface area contributed by atoms with Crippen LogP contribution in [0.3, 0.4) is 0 Å². The van der Waals surface area contributed by atoms with E-state index < -0.39 is 0 Å². The van der Waals surface area contributed by atoms with Gasteiger partial charge < -0.3 is 9.84 Å². The van der Waals surface area contributed by atoms with Gasteiger partial charge >= 0.3 is 0 Å². The zero-order valence-electron chi connectivity index (χ0n) is 12.5. The van der Waals surface area contributed by atoms with Crippen LogP contribution in [0.4, 0.5) is 0 Å². The molecule has 0 radical (unpaired) electrons. The van der Waals surface area contributed by atoms with E-state index in [0.717, 1.165) is 23.5 Å². The van der Waals surface area contributed by atoms with Crippen molar-refractivity contribution in [1.29, 1.82) is 0 Å². The lowest BCUT2D eigenvalue weighted by molar-refractivity contribution is 0.0941. The third-order valence-corrected chi connectivity index (χ3v) is 3.22. The molecule has 3 heterocycles. The van der Waals surface area contributed by atoms with Gasteiger partial charge in [-0.1, -0.05) is 19.0 Å². The highest BCUT2D eigenvalue weighted by Gasteiger charge is 2.14. The summed E-state index contributed by atoms with van der Waals surface area (Å²) in [6, 6.07) is 1.69. The summed E-state index contributed by atoms with van der Waals surface area (Å²) < 4.78 is 7.04. The second-order valence-electron chi connectivity index (χ2n) is 5.51. The van der Waals surface area contributed by atoms with E-state index in [9.17, 15) is 4.79 Å². The van der Waals surface area contributed by atoms with Crippen molar-refractivity contribution in [2.24, 2.45) is 5.92 Å². The average molecular weight is 299 g/mol. The zero-order valence-corrected chi connectivity index (χ0v) is 12.5. The third kappa shape index (κ3) is 2.98. The highest BCUT2D eigenvalue weighted by atomic mass is 16.5. The number of imidazole rings is 1. The van der Waals surface area contributed by atoms with Crippen molar-refractivity contribution in [3.63, 3.8) is 0 Å². The van der Waals surface area contributed by atoms with Crippen molar-refractivity contribution >= 4 is 11.6 Å². The first-order chi connectivity index (χ1) is 10.6. The van der Waals surface area contributed by atoms with Crippen molar-refractivity contribution in [3.8, 4) is 0 Å². The van der Waals surface area contributed by atoms with Crippen LogP contribution in [0.1, 0.15) is 35.8 Å². The number of hydrogen-bond donors (Lipinski definition) is 1. The second kappa shape index (κ2) is 5.97. The number of rotatable bonds is 5. The largest absolute Gasteiger partial charge is 0.361 e. The van der Waals surface area contributed by atoms with Crippen LogP contribution in [-0.2, 0) is 13.0 Å². The van der Waals surface area contributed by atoms with E-state index in [1.54, 1.807) is 30.9 Å². The van der Waals surface area contributed by atoms with E-state index in [4.69, 9.17) is 4.52 Å². The Hall–Kier alpha value is -2.70. The van der Waals surface area contributed by atoms with Crippen LogP contribution in [0.15, 0.2) is 35.4 Å². The molecule has 3 rings (SSSR count). The van der Waals surface area contributed by atoms with Crippen molar-refractivity contribution < 1.29 is 9.32 Å².